The van der Waals surface area contributed by atoms with Gasteiger partial charge >= 0.3 is 0 Å². The minimum absolute atomic E-state index is 0.609. The summed E-state index contributed by atoms with van der Waals surface area (Å²) in [4.78, 5) is 15.6. The van der Waals surface area contributed by atoms with Crippen LogP contribution in [0.4, 0.5) is 11.8 Å². The van der Waals surface area contributed by atoms with Gasteiger partial charge in [-0.25, -0.2) is 4.98 Å². The van der Waals surface area contributed by atoms with Crippen LogP contribution < -0.4 is 10.6 Å². The second-order valence-electron chi connectivity index (χ2n) is 5.51. The second-order valence-corrected chi connectivity index (χ2v) is 5.51. The predicted molar refractivity (Wildman–Crippen MR) is 95.8 cm³/mol. The van der Waals surface area contributed by atoms with Crippen LogP contribution in [-0.2, 0) is 13.1 Å². The summed E-state index contributed by atoms with van der Waals surface area (Å²) in [5, 5.41) is 7.67. The van der Waals surface area contributed by atoms with Crippen molar-refractivity contribution in [2.24, 2.45) is 0 Å². The summed E-state index contributed by atoms with van der Waals surface area (Å²) in [7, 11) is 0. The first-order valence-electron chi connectivity index (χ1n) is 7.87. The van der Waals surface area contributed by atoms with E-state index in [1.54, 1.807) is 0 Å². The summed E-state index contributed by atoms with van der Waals surface area (Å²) in [5.41, 5.74) is 3.11. The van der Waals surface area contributed by atoms with Crippen LogP contribution in [0.5, 0.6) is 0 Å². The average Bonchev–Trinajstić information content (AvgIpc) is 3.31. The minimum atomic E-state index is 0.609. The van der Waals surface area contributed by atoms with Crippen LogP contribution >= 0.6 is 0 Å². The van der Waals surface area contributed by atoms with Crippen LogP contribution in [0, 0.1) is 0 Å². The molecule has 6 nitrogen and oxygen atoms in total. The molecule has 0 saturated carbocycles. The van der Waals surface area contributed by atoms with Gasteiger partial charge in [0, 0.05) is 29.2 Å². The normalized spacial score (nSPS) is 10.8. The van der Waals surface area contributed by atoms with Crippen LogP contribution in [0.25, 0.3) is 10.9 Å². The molecule has 0 bridgehead atoms. The Morgan fingerprint density at radius 1 is 0.750 bits per heavy atom. The van der Waals surface area contributed by atoms with E-state index >= 15 is 0 Å². The number of nitrogens with zero attached hydrogens (tertiary/aromatic N) is 2. The largest absolute Gasteiger partial charge is 0.364 e. The third kappa shape index (κ3) is 3.08. The van der Waals surface area contributed by atoms with Gasteiger partial charge in [-0.1, -0.05) is 12.1 Å². The van der Waals surface area contributed by atoms with Crippen molar-refractivity contribution < 1.29 is 0 Å². The van der Waals surface area contributed by atoms with E-state index in [-0.39, 0.29) is 0 Å². The fourth-order valence-corrected chi connectivity index (χ4v) is 2.60. The highest BCUT2D eigenvalue weighted by atomic mass is 15.1. The molecule has 0 aliphatic rings. The molecule has 6 heteroatoms. The van der Waals surface area contributed by atoms with Gasteiger partial charge in [0.15, 0.2) is 0 Å². The quantitative estimate of drug-likeness (QED) is 0.438. The highest BCUT2D eigenvalue weighted by Crippen LogP contribution is 2.22. The lowest BCUT2D eigenvalue weighted by Gasteiger charge is -2.11. The Morgan fingerprint density at radius 2 is 1.46 bits per heavy atom. The predicted octanol–water partition coefficient (Wildman–Crippen LogP) is 3.51. The number of para-hydroxylation sites is 1. The van der Waals surface area contributed by atoms with E-state index in [9.17, 15) is 0 Å². The molecule has 0 atom stereocenters. The fraction of sp³-hybridized carbons (Fsp3) is 0.111. The number of aromatic nitrogens is 4. The van der Waals surface area contributed by atoms with E-state index in [0.717, 1.165) is 28.1 Å². The van der Waals surface area contributed by atoms with Gasteiger partial charge in [0.25, 0.3) is 0 Å². The van der Waals surface area contributed by atoms with Crippen molar-refractivity contribution in [1.82, 2.24) is 19.9 Å². The molecule has 120 valence electrons. The molecule has 0 amide bonds. The van der Waals surface area contributed by atoms with E-state index in [0.29, 0.717) is 19.0 Å². The van der Waals surface area contributed by atoms with Gasteiger partial charge in [-0.15, -0.1) is 0 Å². The van der Waals surface area contributed by atoms with Gasteiger partial charge in [0.2, 0.25) is 5.95 Å². The van der Waals surface area contributed by atoms with E-state index in [1.807, 2.05) is 60.9 Å². The molecule has 1 aromatic carbocycles. The summed E-state index contributed by atoms with van der Waals surface area (Å²) in [6.45, 7) is 1.34. The second kappa shape index (κ2) is 6.45. The van der Waals surface area contributed by atoms with Crippen molar-refractivity contribution in [3.05, 3.63) is 72.3 Å². The van der Waals surface area contributed by atoms with Gasteiger partial charge in [0.1, 0.15) is 5.82 Å². The smallest absolute Gasteiger partial charge is 0.225 e. The monoisotopic (exact) mass is 318 g/mol. The highest BCUT2D eigenvalue weighted by molar-refractivity contribution is 5.89. The Bertz CT molecular complexity index is 912. The molecular formula is C18H18N6. The molecule has 0 spiro atoms. The molecular weight excluding hydrogens is 300 g/mol. The van der Waals surface area contributed by atoms with Gasteiger partial charge in [-0.05, 0) is 36.4 Å². The van der Waals surface area contributed by atoms with E-state index in [4.69, 9.17) is 0 Å². The van der Waals surface area contributed by atoms with Crippen molar-refractivity contribution in [1.29, 1.82) is 0 Å². The Morgan fingerprint density at radius 3 is 2.17 bits per heavy atom. The van der Waals surface area contributed by atoms with Gasteiger partial charge in [-0.2, -0.15) is 4.98 Å². The zero-order chi connectivity index (χ0) is 16.2. The van der Waals surface area contributed by atoms with Crippen molar-refractivity contribution in [2.45, 2.75) is 13.1 Å². The maximum Gasteiger partial charge on any atom is 0.225 e. The number of rotatable bonds is 6. The average molecular weight is 318 g/mol. The van der Waals surface area contributed by atoms with E-state index in [2.05, 4.69) is 30.6 Å². The lowest BCUT2D eigenvalue weighted by atomic mass is 10.2. The number of fused-ring (bicyclic) bond motifs is 1. The lowest BCUT2D eigenvalue weighted by molar-refractivity contribution is 1.01. The number of hydrogen-bond acceptors (Lipinski definition) is 4. The Labute approximate surface area is 139 Å². The van der Waals surface area contributed by atoms with Crippen LogP contribution in [0.2, 0.25) is 0 Å². The summed E-state index contributed by atoms with van der Waals surface area (Å²) in [5.74, 6) is 1.43. The molecule has 3 heterocycles. The van der Waals surface area contributed by atoms with Crippen molar-refractivity contribution in [2.75, 3.05) is 10.6 Å². The van der Waals surface area contributed by atoms with Crippen molar-refractivity contribution in [3.8, 4) is 0 Å². The maximum atomic E-state index is 4.64. The number of anilines is 2. The van der Waals surface area contributed by atoms with Gasteiger partial charge in [0.05, 0.1) is 18.6 Å². The first-order valence-corrected chi connectivity index (χ1v) is 7.87. The molecule has 0 unspecified atom stereocenters. The minimum Gasteiger partial charge on any atom is -0.364 e. The van der Waals surface area contributed by atoms with E-state index < -0.39 is 0 Å². The van der Waals surface area contributed by atoms with Crippen LogP contribution in [0.3, 0.4) is 0 Å². The zero-order valence-corrected chi connectivity index (χ0v) is 13.1. The summed E-state index contributed by atoms with van der Waals surface area (Å²) < 4.78 is 0. The molecule has 24 heavy (non-hydrogen) atoms. The Balaban J connectivity index is 1.60. The topological polar surface area (TPSA) is 81.4 Å². The molecule has 4 aromatic rings. The zero-order valence-electron chi connectivity index (χ0n) is 13.1. The molecule has 0 fully saturated rings. The number of H-pyrrole nitrogens is 2. The number of hydrogen-bond donors (Lipinski definition) is 4. The highest BCUT2D eigenvalue weighted by Gasteiger charge is 2.07. The molecule has 4 N–H and O–H groups in total. The third-order valence-corrected chi connectivity index (χ3v) is 3.81. The van der Waals surface area contributed by atoms with Gasteiger partial charge in [-0.3, -0.25) is 0 Å². The molecule has 4 rings (SSSR count). The summed E-state index contributed by atoms with van der Waals surface area (Å²) in [6, 6.07) is 16.0. The number of aromatic amines is 2. The number of benzene rings is 1. The lowest BCUT2D eigenvalue weighted by Crippen LogP contribution is -2.08. The molecule has 0 saturated heterocycles. The van der Waals surface area contributed by atoms with Gasteiger partial charge < -0.3 is 20.6 Å². The molecule has 0 aliphatic heterocycles. The van der Waals surface area contributed by atoms with Crippen molar-refractivity contribution in [3.63, 3.8) is 0 Å². The fourth-order valence-electron chi connectivity index (χ4n) is 2.60. The SMILES string of the molecule is c1c[nH]c(CNc2nc(NCc3ccc[nH]3)c3ccccc3n2)c1. The van der Waals surface area contributed by atoms with Crippen molar-refractivity contribution >= 4 is 22.7 Å². The summed E-state index contributed by atoms with van der Waals surface area (Å²) >= 11 is 0. The first-order chi connectivity index (χ1) is 11.9. The Hall–Kier alpha value is -3.28. The van der Waals surface area contributed by atoms with Crippen LogP contribution in [0.15, 0.2) is 60.9 Å². The molecule has 0 aliphatic carbocycles. The third-order valence-electron chi connectivity index (χ3n) is 3.81. The standard InChI is InChI=1S/C18H18N6/c1-2-8-16-15(7-1)17(21-11-13-5-3-9-19-13)24-18(23-16)22-12-14-6-4-10-20-14/h1-10,19-20H,11-12H2,(H2,21,22,23,24). The number of nitrogens with one attached hydrogen (secondary N) is 4. The summed E-state index contributed by atoms with van der Waals surface area (Å²) in [6.07, 6.45) is 3.82. The van der Waals surface area contributed by atoms with Crippen LogP contribution in [0.1, 0.15) is 11.4 Å². The first kappa shape index (κ1) is 14.3. The molecule has 0 radical (unpaired) electrons. The van der Waals surface area contributed by atoms with E-state index in [1.165, 1.54) is 0 Å². The Kier molecular flexibility index (Phi) is 3.85. The maximum absolute atomic E-state index is 4.64. The molecule has 3 aromatic heterocycles. The van der Waals surface area contributed by atoms with Crippen LogP contribution in [-0.4, -0.2) is 19.9 Å².